The lowest BCUT2D eigenvalue weighted by molar-refractivity contribution is 0.100. The van der Waals surface area contributed by atoms with E-state index >= 15 is 0 Å². The molecule has 1 amide bonds. The van der Waals surface area contributed by atoms with Gasteiger partial charge in [0.15, 0.2) is 0 Å². The summed E-state index contributed by atoms with van der Waals surface area (Å²) in [6.07, 6.45) is 0.846. The van der Waals surface area contributed by atoms with Gasteiger partial charge in [-0.3, -0.25) is 9.79 Å². The number of aliphatic imine (C=N–C) groups is 1. The lowest BCUT2D eigenvalue weighted by Crippen LogP contribution is -2.28. The molecule has 2 aromatic carbocycles. The number of nitrogens with two attached hydrogens (primary N) is 1. The molecule has 2 N–H and O–H groups in total. The first-order valence-electron chi connectivity index (χ1n) is 7.28. The topological polar surface area (TPSA) is 58.7 Å². The van der Waals surface area contributed by atoms with E-state index in [0.29, 0.717) is 5.56 Å². The molecule has 1 unspecified atom stereocenters. The molecular formula is C18H19N3O. The molecule has 22 heavy (non-hydrogen) atoms. The van der Waals surface area contributed by atoms with E-state index in [1.165, 1.54) is 11.1 Å². The zero-order valence-electron chi connectivity index (χ0n) is 12.8. The highest BCUT2D eigenvalue weighted by atomic mass is 16.1. The number of carbonyl (C=O) groups is 1. The van der Waals surface area contributed by atoms with Gasteiger partial charge < -0.3 is 10.6 Å². The van der Waals surface area contributed by atoms with Crippen molar-refractivity contribution in [3.63, 3.8) is 0 Å². The number of nitrogens with zero attached hydrogens (tertiary/aromatic N) is 2. The molecule has 0 radical (unpaired) electrons. The fourth-order valence-corrected chi connectivity index (χ4v) is 2.75. The second-order valence-electron chi connectivity index (χ2n) is 5.70. The van der Waals surface area contributed by atoms with Gasteiger partial charge >= 0.3 is 0 Å². The second kappa shape index (κ2) is 5.64. The molecule has 0 spiro atoms. The second-order valence-corrected chi connectivity index (χ2v) is 5.70. The third kappa shape index (κ3) is 2.60. The van der Waals surface area contributed by atoms with Crippen molar-refractivity contribution in [3.05, 3.63) is 70.8 Å². The van der Waals surface area contributed by atoms with Crippen LogP contribution in [-0.4, -0.2) is 30.7 Å². The molecule has 0 aromatic heterocycles. The van der Waals surface area contributed by atoms with Crippen molar-refractivity contribution >= 4 is 11.7 Å². The third-order valence-electron chi connectivity index (χ3n) is 4.00. The quantitative estimate of drug-likeness (QED) is 0.924. The van der Waals surface area contributed by atoms with Crippen molar-refractivity contribution in [3.8, 4) is 0 Å². The monoisotopic (exact) mass is 293 g/mol. The molecule has 112 valence electrons. The van der Waals surface area contributed by atoms with Crippen LogP contribution >= 0.6 is 0 Å². The van der Waals surface area contributed by atoms with E-state index in [1.54, 1.807) is 12.1 Å². The Morgan fingerprint density at radius 1 is 1.14 bits per heavy atom. The molecule has 2 aromatic rings. The molecule has 4 nitrogen and oxygen atoms in total. The Morgan fingerprint density at radius 3 is 2.45 bits per heavy atom. The Hall–Kier alpha value is -2.62. The van der Waals surface area contributed by atoms with Crippen molar-refractivity contribution in [2.75, 3.05) is 14.1 Å². The van der Waals surface area contributed by atoms with Crippen molar-refractivity contribution < 1.29 is 4.79 Å². The van der Waals surface area contributed by atoms with Gasteiger partial charge in [0.05, 0.1) is 0 Å². The van der Waals surface area contributed by atoms with Crippen molar-refractivity contribution in [1.29, 1.82) is 0 Å². The number of amidine groups is 1. The smallest absolute Gasteiger partial charge is 0.248 e. The van der Waals surface area contributed by atoms with Crippen LogP contribution in [0.4, 0.5) is 0 Å². The summed E-state index contributed by atoms with van der Waals surface area (Å²) in [6, 6.07) is 15.7. The van der Waals surface area contributed by atoms with Gasteiger partial charge in [-0.15, -0.1) is 0 Å². The van der Waals surface area contributed by atoms with Crippen LogP contribution in [0, 0.1) is 0 Å². The van der Waals surface area contributed by atoms with E-state index in [1.807, 2.05) is 32.3 Å². The molecule has 1 aliphatic rings. The average molecular weight is 293 g/mol. The predicted molar refractivity (Wildman–Crippen MR) is 88.1 cm³/mol. The largest absolute Gasteiger partial charge is 0.366 e. The lowest BCUT2D eigenvalue weighted by Gasteiger charge is -2.27. The zero-order valence-corrected chi connectivity index (χ0v) is 12.8. The minimum absolute atomic E-state index is 0.0377. The molecule has 4 heteroatoms. The minimum atomic E-state index is -0.409. The Labute approximate surface area is 130 Å². The Bertz CT molecular complexity index is 732. The van der Waals surface area contributed by atoms with Crippen LogP contribution in [-0.2, 0) is 6.42 Å². The molecule has 1 heterocycles. The van der Waals surface area contributed by atoms with Gasteiger partial charge in [-0.05, 0) is 28.8 Å². The standard InChI is InChI=1S/C18H19N3O/c1-21(2)16-11-14-5-3-4-6-15(14)17(20-16)12-7-9-13(10-8-12)18(19)22/h3-10,17H,11H2,1-2H3,(H2,19,22). The summed E-state index contributed by atoms with van der Waals surface area (Å²) in [6.45, 7) is 0. The summed E-state index contributed by atoms with van der Waals surface area (Å²) in [7, 11) is 4.03. The number of carbonyl (C=O) groups excluding carboxylic acids is 1. The van der Waals surface area contributed by atoms with E-state index in [0.717, 1.165) is 17.8 Å². The summed E-state index contributed by atoms with van der Waals surface area (Å²) in [5, 5.41) is 0. The number of primary amides is 1. The SMILES string of the molecule is CN(C)C1=NC(c2ccc(C(N)=O)cc2)c2ccccc2C1. The van der Waals surface area contributed by atoms with Gasteiger partial charge in [0, 0.05) is 26.1 Å². The highest BCUT2D eigenvalue weighted by Gasteiger charge is 2.23. The predicted octanol–water partition coefficient (Wildman–Crippen LogP) is 2.39. The number of rotatable bonds is 2. The first-order chi connectivity index (χ1) is 10.6. The molecule has 1 aliphatic heterocycles. The van der Waals surface area contributed by atoms with Crippen LogP contribution in [0.25, 0.3) is 0 Å². The highest BCUT2D eigenvalue weighted by Crippen LogP contribution is 2.33. The number of fused-ring (bicyclic) bond motifs is 1. The number of benzene rings is 2. The summed E-state index contributed by atoms with van der Waals surface area (Å²) in [5.41, 5.74) is 9.41. The molecule has 0 saturated carbocycles. The number of hydrogen-bond donors (Lipinski definition) is 1. The maximum atomic E-state index is 11.2. The van der Waals surface area contributed by atoms with E-state index < -0.39 is 5.91 Å². The van der Waals surface area contributed by atoms with Gasteiger partial charge in [0.25, 0.3) is 0 Å². The van der Waals surface area contributed by atoms with Crippen molar-refractivity contribution in [2.24, 2.45) is 10.7 Å². The zero-order chi connectivity index (χ0) is 15.7. The Kier molecular flexibility index (Phi) is 3.67. The third-order valence-corrected chi connectivity index (χ3v) is 4.00. The van der Waals surface area contributed by atoms with Crippen LogP contribution in [0.1, 0.15) is 33.1 Å². The van der Waals surface area contributed by atoms with Crippen LogP contribution < -0.4 is 5.73 Å². The van der Waals surface area contributed by atoms with Gasteiger partial charge in [-0.2, -0.15) is 0 Å². The lowest BCUT2D eigenvalue weighted by atomic mass is 9.90. The van der Waals surface area contributed by atoms with Crippen LogP contribution in [0.15, 0.2) is 53.5 Å². The fourth-order valence-electron chi connectivity index (χ4n) is 2.75. The van der Waals surface area contributed by atoms with Gasteiger partial charge in [-0.1, -0.05) is 36.4 Å². The van der Waals surface area contributed by atoms with Crippen LogP contribution in [0.5, 0.6) is 0 Å². The molecule has 0 saturated heterocycles. The van der Waals surface area contributed by atoms with Crippen LogP contribution in [0.3, 0.4) is 0 Å². The van der Waals surface area contributed by atoms with E-state index in [-0.39, 0.29) is 6.04 Å². The molecule has 0 bridgehead atoms. The van der Waals surface area contributed by atoms with E-state index in [4.69, 9.17) is 10.7 Å². The van der Waals surface area contributed by atoms with Gasteiger partial charge in [-0.25, -0.2) is 0 Å². The molecule has 0 aliphatic carbocycles. The summed E-state index contributed by atoms with van der Waals surface area (Å²) < 4.78 is 0. The molecule has 3 rings (SSSR count). The molecular weight excluding hydrogens is 274 g/mol. The highest BCUT2D eigenvalue weighted by molar-refractivity contribution is 5.92. The summed E-state index contributed by atoms with van der Waals surface area (Å²) in [4.78, 5) is 18.2. The van der Waals surface area contributed by atoms with Crippen molar-refractivity contribution in [2.45, 2.75) is 12.5 Å². The summed E-state index contributed by atoms with van der Waals surface area (Å²) >= 11 is 0. The maximum Gasteiger partial charge on any atom is 0.248 e. The normalized spacial score (nSPS) is 16.6. The first-order valence-corrected chi connectivity index (χ1v) is 7.28. The Balaban J connectivity index is 2.05. The van der Waals surface area contributed by atoms with Crippen LogP contribution in [0.2, 0.25) is 0 Å². The van der Waals surface area contributed by atoms with Crippen molar-refractivity contribution in [1.82, 2.24) is 4.90 Å². The average Bonchev–Trinajstić information content (AvgIpc) is 2.53. The van der Waals surface area contributed by atoms with Gasteiger partial charge in [0.2, 0.25) is 5.91 Å². The Morgan fingerprint density at radius 2 is 1.82 bits per heavy atom. The number of hydrogen-bond acceptors (Lipinski definition) is 3. The van der Waals surface area contributed by atoms with E-state index in [9.17, 15) is 4.79 Å². The first kappa shape index (κ1) is 14.3. The van der Waals surface area contributed by atoms with E-state index in [2.05, 4.69) is 23.1 Å². The minimum Gasteiger partial charge on any atom is -0.366 e. The van der Waals surface area contributed by atoms with Gasteiger partial charge in [0.1, 0.15) is 11.9 Å². The maximum absolute atomic E-state index is 11.2. The molecule has 1 atom stereocenters. The number of amides is 1. The molecule has 0 fully saturated rings. The summed E-state index contributed by atoms with van der Waals surface area (Å²) in [5.74, 6) is 0.649. The fraction of sp³-hybridized carbons (Fsp3) is 0.222. The number of likely N-dealkylation sites (N-methyl/N-ethyl adjacent to an activating group) is 1.